The Kier molecular flexibility index (Phi) is 6.43. The molecule has 0 aliphatic heterocycles. The van der Waals surface area contributed by atoms with Crippen LogP contribution in [0.4, 0.5) is 18.0 Å². The van der Waals surface area contributed by atoms with Crippen molar-refractivity contribution in [3.63, 3.8) is 0 Å². The van der Waals surface area contributed by atoms with Crippen molar-refractivity contribution in [2.75, 3.05) is 20.1 Å². The van der Waals surface area contributed by atoms with Crippen molar-refractivity contribution in [2.45, 2.75) is 12.7 Å². The molecule has 0 bridgehead atoms. The minimum atomic E-state index is -4.52. The van der Waals surface area contributed by atoms with E-state index < -0.39 is 24.7 Å². The number of urea groups is 1. The molecule has 1 rings (SSSR count). The first-order valence-electron chi connectivity index (χ1n) is 5.73. The number of nitrogens with zero attached hydrogens (tertiary/aromatic N) is 1. The SMILES string of the molecule is CN(CC(=O)NC(=O)NCC(F)(F)F)Cc1ccc(Cl)s1. The molecule has 0 unspecified atom stereocenters. The van der Waals surface area contributed by atoms with Crippen LogP contribution in [-0.2, 0) is 11.3 Å². The van der Waals surface area contributed by atoms with Gasteiger partial charge in [0.1, 0.15) is 6.54 Å². The molecule has 0 atom stereocenters. The van der Waals surface area contributed by atoms with Gasteiger partial charge >= 0.3 is 12.2 Å². The van der Waals surface area contributed by atoms with Gasteiger partial charge in [0.2, 0.25) is 5.91 Å². The second kappa shape index (κ2) is 7.62. The summed E-state index contributed by atoms with van der Waals surface area (Å²) >= 11 is 7.12. The zero-order chi connectivity index (χ0) is 16.0. The molecule has 0 aromatic carbocycles. The summed E-state index contributed by atoms with van der Waals surface area (Å²) in [5.41, 5.74) is 0. The number of imide groups is 1. The van der Waals surface area contributed by atoms with Gasteiger partial charge in [-0.3, -0.25) is 15.0 Å². The number of hydrogen-bond donors (Lipinski definition) is 2. The lowest BCUT2D eigenvalue weighted by Crippen LogP contribution is -2.46. The van der Waals surface area contributed by atoms with E-state index in [1.54, 1.807) is 29.4 Å². The van der Waals surface area contributed by atoms with Gasteiger partial charge in [-0.05, 0) is 19.2 Å². The number of thiophene rings is 1. The van der Waals surface area contributed by atoms with Gasteiger partial charge in [-0.25, -0.2) is 4.79 Å². The molecular formula is C11H13ClF3N3O2S. The van der Waals surface area contributed by atoms with E-state index in [0.717, 1.165) is 4.88 Å². The predicted octanol–water partition coefficient (Wildman–Crippen LogP) is 2.22. The number of amides is 3. The normalized spacial score (nSPS) is 11.5. The molecule has 0 radical (unpaired) electrons. The second-order valence-electron chi connectivity index (χ2n) is 4.22. The van der Waals surface area contributed by atoms with Crippen molar-refractivity contribution in [3.8, 4) is 0 Å². The lowest BCUT2D eigenvalue weighted by molar-refractivity contribution is -0.125. The highest BCUT2D eigenvalue weighted by Crippen LogP contribution is 2.22. The lowest BCUT2D eigenvalue weighted by atomic mass is 10.4. The van der Waals surface area contributed by atoms with E-state index in [4.69, 9.17) is 11.6 Å². The molecule has 2 N–H and O–H groups in total. The molecule has 21 heavy (non-hydrogen) atoms. The number of hydrogen-bond acceptors (Lipinski definition) is 4. The summed E-state index contributed by atoms with van der Waals surface area (Å²) in [6.45, 7) is -1.18. The quantitative estimate of drug-likeness (QED) is 0.861. The van der Waals surface area contributed by atoms with Crippen molar-refractivity contribution >= 4 is 34.9 Å². The zero-order valence-electron chi connectivity index (χ0n) is 11.0. The molecule has 1 aromatic rings. The maximum Gasteiger partial charge on any atom is 0.405 e. The molecule has 1 heterocycles. The molecule has 5 nitrogen and oxygen atoms in total. The van der Waals surface area contributed by atoms with Gasteiger partial charge in [0.05, 0.1) is 10.9 Å². The number of carbonyl (C=O) groups excluding carboxylic acids is 2. The van der Waals surface area contributed by atoms with E-state index >= 15 is 0 Å². The summed E-state index contributed by atoms with van der Waals surface area (Å²) in [4.78, 5) is 25.1. The Balaban J connectivity index is 2.30. The van der Waals surface area contributed by atoms with Crippen LogP contribution < -0.4 is 10.6 Å². The van der Waals surface area contributed by atoms with E-state index in [2.05, 4.69) is 0 Å². The van der Waals surface area contributed by atoms with E-state index in [-0.39, 0.29) is 6.54 Å². The lowest BCUT2D eigenvalue weighted by Gasteiger charge is -2.15. The van der Waals surface area contributed by atoms with Crippen molar-refractivity contribution in [1.82, 2.24) is 15.5 Å². The number of nitrogens with one attached hydrogen (secondary N) is 2. The van der Waals surface area contributed by atoms with Crippen LogP contribution in [0.25, 0.3) is 0 Å². The average molecular weight is 344 g/mol. The van der Waals surface area contributed by atoms with Gasteiger partial charge in [-0.2, -0.15) is 13.2 Å². The first-order chi connectivity index (χ1) is 9.65. The Labute approximate surface area is 128 Å². The van der Waals surface area contributed by atoms with E-state index in [9.17, 15) is 22.8 Å². The van der Waals surface area contributed by atoms with Crippen LogP contribution in [0.15, 0.2) is 12.1 Å². The molecule has 3 amide bonds. The number of rotatable bonds is 5. The monoisotopic (exact) mass is 343 g/mol. The van der Waals surface area contributed by atoms with Gasteiger partial charge in [-0.15, -0.1) is 11.3 Å². The Bertz CT molecular complexity index is 507. The fourth-order valence-electron chi connectivity index (χ4n) is 1.39. The van der Waals surface area contributed by atoms with Gasteiger partial charge in [0, 0.05) is 11.4 Å². The first-order valence-corrected chi connectivity index (χ1v) is 6.92. The number of halogens is 4. The van der Waals surface area contributed by atoms with E-state index in [1.165, 1.54) is 11.3 Å². The predicted molar refractivity (Wildman–Crippen MR) is 73.3 cm³/mol. The Hall–Kier alpha value is -1.32. The van der Waals surface area contributed by atoms with Crippen LogP contribution in [0.2, 0.25) is 4.34 Å². The summed E-state index contributed by atoms with van der Waals surface area (Å²) in [7, 11) is 1.64. The number of alkyl halides is 3. The van der Waals surface area contributed by atoms with Crippen molar-refractivity contribution < 1.29 is 22.8 Å². The Morgan fingerprint density at radius 1 is 1.38 bits per heavy atom. The topological polar surface area (TPSA) is 61.4 Å². The summed E-state index contributed by atoms with van der Waals surface area (Å²) in [6.07, 6.45) is -4.52. The van der Waals surface area contributed by atoms with Gasteiger partial charge in [-0.1, -0.05) is 11.6 Å². The van der Waals surface area contributed by atoms with E-state index in [1.807, 2.05) is 5.32 Å². The second-order valence-corrected chi connectivity index (χ2v) is 6.02. The molecule has 0 saturated heterocycles. The molecule has 1 aromatic heterocycles. The highest BCUT2D eigenvalue weighted by molar-refractivity contribution is 7.16. The van der Waals surface area contributed by atoms with Crippen LogP contribution in [-0.4, -0.2) is 43.2 Å². The maximum absolute atomic E-state index is 11.9. The average Bonchev–Trinajstić information content (AvgIpc) is 2.70. The fourth-order valence-corrected chi connectivity index (χ4v) is 2.56. The van der Waals surface area contributed by atoms with E-state index in [0.29, 0.717) is 10.9 Å². The van der Waals surface area contributed by atoms with Crippen molar-refractivity contribution in [2.24, 2.45) is 0 Å². The Morgan fingerprint density at radius 2 is 2.05 bits per heavy atom. The largest absolute Gasteiger partial charge is 0.405 e. The number of carbonyl (C=O) groups is 2. The van der Waals surface area contributed by atoms with Crippen LogP contribution in [0, 0.1) is 0 Å². The smallest absolute Gasteiger partial charge is 0.329 e. The van der Waals surface area contributed by atoms with Gasteiger partial charge in [0.25, 0.3) is 0 Å². The molecule has 0 aliphatic carbocycles. The number of likely N-dealkylation sites (N-methyl/N-ethyl adjacent to an activating group) is 1. The summed E-state index contributed by atoms with van der Waals surface area (Å²) in [5.74, 6) is -0.695. The summed E-state index contributed by atoms with van der Waals surface area (Å²) < 4.78 is 36.2. The summed E-state index contributed by atoms with van der Waals surface area (Å²) in [5, 5.41) is 3.37. The van der Waals surface area contributed by atoms with Crippen LogP contribution in [0.5, 0.6) is 0 Å². The third-order valence-corrected chi connectivity index (χ3v) is 3.39. The molecule has 0 aliphatic rings. The zero-order valence-corrected chi connectivity index (χ0v) is 12.5. The third kappa shape index (κ3) is 7.88. The van der Waals surface area contributed by atoms with Crippen molar-refractivity contribution in [3.05, 3.63) is 21.3 Å². The molecule has 118 valence electrons. The summed E-state index contributed by atoms with van der Waals surface area (Å²) in [6, 6.07) is 2.35. The maximum atomic E-state index is 11.9. The Morgan fingerprint density at radius 3 is 2.57 bits per heavy atom. The molecular weight excluding hydrogens is 331 g/mol. The molecule has 0 fully saturated rings. The molecule has 0 saturated carbocycles. The van der Waals surface area contributed by atoms with Crippen LogP contribution in [0.3, 0.4) is 0 Å². The van der Waals surface area contributed by atoms with Gasteiger partial charge in [0.15, 0.2) is 0 Å². The fraction of sp³-hybridized carbons (Fsp3) is 0.455. The minimum Gasteiger partial charge on any atom is -0.329 e. The first kappa shape index (κ1) is 17.7. The molecule has 10 heteroatoms. The van der Waals surface area contributed by atoms with Gasteiger partial charge < -0.3 is 5.32 Å². The van der Waals surface area contributed by atoms with Crippen LogP contribution >= 0.6 is 22.9 Å². The highest BCUT2D eigenvalue weighted by Gasteiger charge is 2.28. The van der Waals surface area contributed by atoms with Crippen molar-refractivity contribution in [1.29, 1.82) is 0 Å². The minimum absolute atomic E-state index is 0.130. The molecule has 0 spiro atoms. The van der Waals surface area contributed by atoms with Crippen LogP contribution in [0.1, 0.15) is 4.88 Å². The standard InChI is InChI=1S/C11H13ClF3N3O2S/c1-18(4-7-2-3-8(12)21-7)5-9(19)17-10(20)16-6-11(13,14)15/h2-3H,4-6H2,1H3,(H2,16,17,19,20). The third-order valence-electron chi connectivity index (χ3n) is 2.17. The highest BCUT2D eigenvalue weighted by atomic mass is 35.5.